The molecule has 3 fully saturated rings. The van der Waals surface area contributed by atoms with Gasteiger partial charge >= 0.3 is 0 Å². The second kappa shape index (κ2) is 7.02. The van der Waals surface area contributed by atoms with Gasteiger partial charge in [0.25, 0.3) is 0 Å². The van der Waals surface area contributed by atoms with Crippen molar-refractivity contribution in [3.05, 3.63) is 34.6 Å². The monoisotopic (exact) mass is 394 g/mol. The highest BCUT2D eigenvalue weighted by atomic mass is 35.5. The van der Waals surface area contributed by atoms with Crippen LogP contribution < -0.4 is 0 Å². The third kappa shape index (κ3) is 3.62. The van der Waals surface area contributed by atoms with Crippen LogP contribution in [-0.4, -0.2) is 61.6 Å². The Bertz CT molecular complexity index is 735. The van der Waals surface area contributed by atoms with Gasteiger partial charge in [0.1, 0.15) is 5.82 Å². The number of ether oxygens (including phenoxy) is 1. The van der Waals surface area contributed by atoms with Crippen molar-refractivity contribution in [1.29, 1.82) is 0 Å². The quantitative estimate of drug-likeness (QED) is 0.786. The van der Waals surface area contributed by atoms with Gasteiger partial charge in [-0.25, -0.2) is 4.39 Å². The minimum absolute atomic E-state index is 0.0926. The molecule has 148 valence electrons. The molecule has 1 aliphatic carbocycles. The van der Waals surface area contributed by atoms with Gasteiger partial charge in [0.05, 0.1) is 19.6 Å². The molecule has 3 aliphatic rings. The van der Waals surface area contributed by atoms with E-state index in [1.165, 1.54) is 12.1 Å². The number of nitrogens with zero attached hydrogens (tertiary/aromatic N) is 2. The number of halogens is 2. The Morgan fingerprint density at radius 1 is 1.33 bits per heavy atom. The third-order valence-corrected chi connectivity index (χ3v) is 7.10. The van der Waals surface area contributed by atoms with Crippen LogP contribution in [0.25, 0.3) is 0 Å². The number of hydrogen-bond acceptors (Lipinski definition) is 3. The Morgan fingerprint density at radius 3 is 2.74 bits per heavy atom. The van der Waals surface area contributed by atoms with E-state index in [0.717, 1.165) is 52.4 Å². The van der Waals surface area contributed by atoms with Crippen LogP contribution in [0.1, 0.15) is 25.8 Å². The molecule has 2 atom stereocenters. The van der Waals surface area contributed by atoms with E-state index < -0.39 is 0 Å². The molecule has 1 amide bonds. The van der Waals surface area contributed by atoms with Gasteiger partial charge in [0.15, 0.2) is 0 Å². The summed E-state index contributed by atoms with van der Waals surface area (Å²) in [6.07, 6.45) is 1.39. The number of rotatable bonds is 4. The van der Waals surface area contributed by atoms with E-state index in [4.69, 9.17) is 16.3 Å². The van der Waals surface area contributed by atoms with Crippen LogP contribution in [0.3, 0.4) is 0 Å². The zero-order valence-corrected chi connectivity index (χ0v) is 16.9. The van der Waals surface area contributed by atoms with Crippen molar-refractivity contribution in [3.63, 3.8) is 0 Å². The molecule has 2 aliphatic heterocycles. The molecular weight excluding hydrogens is 367 g/mol. The highest BCUT2D eigenvalue weighted by Crippen LogP contribution is 2.63. The molecule has 0 spiro atoms. The van der Waals surface area contributed by atoms with Crippen molar-refractivity contribution in [1.82, 2.24) is 9.80 Å². The molecule has 0 aromatic heterocycles. The standard InChI is InChI=1S/C21H28ClFN2O2/c1-20(2)12-21(13-24-5-7-27-8-6-24)14-25(11-18(20)21)19(26)9-15-3-4-16(23)10-17(15)22/h3-4,10,18H,5-9,11-14H2,1-2H3/t18-,21+/m1/s1. The maximum atomic E-state index is 13.3. The van der Waals surface area contributed by atoms with Crippen molar-refractivity contribution in [2.75, 3.05) is 45.9 Å². The van der Waals surface area contributed by atoms with Crippen LogP contribution in [0, 0.1) is 22.6 Å². The lowest BCUT2D eigenvalue weighted by molar-refractivity contribution is -0.130. The molecule has 1 aromatic carbocycles. The molecule has 0 bridgehead atoms. The highest BCUT2D eigenvalue weighted by molar-refractivity contribution is 6.31. The van der Waals surface area contributed by atoms with Crippen LogP contribution in [0.15, 0.2) is 18.2 Å². The fourth-order valence-electron chi connectivity index (χ4n) is 5.67. The number of benzene rings is 1. The zero-order chi connectivity index (χ0) is 19.2. The number of carbonyl (C=O) groups excluding carboxylic acids is 1. The van der Waals surface area contributed by atoms with Gasteiger partial charge in [-0.15, -0.1) is 0 Å². The predicted octanol–water partition coefficient (Wildman–Crippen LogP) is 3.23. The molecule has 27 heavy (non-hydrogen) atoms. The summed E-state index contributed by atoms with van der Waals surface area (Å²) in [7, 11) is 0. The van der Waals surface area contributed by atoms with Gasteiger partial charge < -0.3 is 9.64 Å². The van der Waals surface area contributed by atoms with Gasteiger partial charge in [0.2, 0.25) is 5.91 Å². The van der Waals surface area contributed by atoms with E-state index in [2.05, 4.69) is 18.7 Å². The maximum Gasteiger partial charge on any atom is 0.227 e. The SMILES string of the molecule is CC1(C)C[C@]2(CN3CCOCC3)CN(C(=O)Cc3ccc(F)cc3Cl)C[C@H]12. The van der Waals surface area contributed by atoms with E-state index in [0.29, 0.717) is 16.5 Å². The average Bonchev–Trinajstić information content (AvgIpc) is 2.93. The third-order valence-electron chi connectivity index (χ3n) is 6.75. The van der Waals surface area contributed by atoms with Gasteiger partial charge in [-0.1, -0.05) is 31.5 Å². The number of carbonyl (C=O) groups is 1. The van der Waals surface area contributed by atoms with E-state index in [1.54, 1.807) is 6.07 Å². The van der Waals surface area contributed by atoms with E-state index >= 15 is 0 Å². The van der Waals surface area contributed by atoms with Gasteiger partial charge in [-0.2, -0.15) is 0 Å². The van der Waals surface area contributed by atoms with Crippen molar-refractivity contribution in [2.24, 2.45) is 16.7 Å². The first-order valence-electron chi connectivity index (χ1n) is 9.81. The number of amides is 1. The number of hydrogen-bond donors (Lipinski definition) is 0. The number of likely N-dealkylation sites (tertiary alicyclic amines) is 1. The topological polar surface area (TPSA) is 32.8 Å². The molecule has 1 saturated carbocycles. The summed E-state index contributed by atoms with van der Waals surface area (Å²) in [6, 6.07) is 4.26. The Hall–Kier alpha value is -1.17. The lowest BCUT2D eigenvalue weighted by Crippen LogP contribution is -2.59. The second-order valence-corrected chi connectivity index (χ2v) is 9.56. The Labute approximate surface area is 165 Å². The summed E-state index contributed by atoms with van der Waals surface area (Å²) >= 11 is 6.12. The number of fused-ring (bicyclic) bond motifs is 1. The van der Waals surface area contributed by atoms with Gasteiger partial charge in [-0.3, -0.25) is 9.69 Å². The molecule has 6 heteroatoms. The lowest BCUT2D eigenvalue weighted by Gasteiger charge is -2.58. The summed E-state index contributed by atoms with van der Waals surface area (Å²) in [5.74, 6) is 0.247. The first kappa shape index (κ1) is 19.2. The van der Waals surface area contributed by atoms with E-state index in [9.17, 15) is 9.18 Å². The highest BCUT2D eigenvalue weighted by Gasteiger charge is 2.63. The molecule has 0 radical (unpaired) electrons. The maximum absolute atomic E-state index is 13.3. The molecular formula is C21H28ClFN2O2. The van der Waals surface area contributed by atoms with Gasteiger partial charge in [-0.05, 0) is 35.4 Å². The Morgan fingerprint density at radius 2 is 2.07 bits per heavy atom. The smallest absolute Gasteiger partial charge is 0.227 e. The van der Waals surface area contributed by atoms with Crippen LogP contribution in [-0.2, 0) is 16.0 Å². The van der Waals surface area contributed by atoms with E-state index in [-0.39, 0.29) is 29.0 Å². The minimum atomic E-state index is -0.373. The number of morpholine rings is 1. The van der Waals surface area contributed by atoms with Crippen molar-refractivity contribution >= 4 is 17.5 Å². The fraction of sp³-hybridized carbons (Fsp3) is 0.667. The summed E-state index contributed by atoms with van der Waals surface area (Å²) in [4.78, 5) is 17.5. The van der Waals surface area contributed by atoms with Crippen molar-refractivity contribution in [2.45, 2.75) is 26.7 Å². The summed E-state index contributed by atoms with van der Waals surface area (Å²) in [6.45, 7) is 10.9. The molecule has 2 saturated heterocycles. The summed E-state index contributed by atoms with van der Waals surface area (Å²) < 4.78 is 18.7. The Balaban J connectivity index is 1.46. The predicted molar refractivity (Wildman–Crippen MR) is 103 cm³/mol. The fourth-order valence-corrected chi connectivity index (χ4v) is 5.91. The zero-order valence-electron chi connectivity index (χ0n) is 16.1. The molecule has 4 nitrogen and oxygen atoms in total. The normalized spacial score (nSPS) is 30.1. The largest absolute Gasteiger partial charge is 0.379 e. The first-order chi connectivity index (χ1) is 12.8. The second-order valence-electron chi connectivity index (χ2n) is 9.16. The minimum Gasteiger partial charge on any atom is -0.379 e. The molecule has 2 heterocycles. The van der Waals surface area contributed by atoms with Crippen molar-refractivity contribution < 1.29 is 13.9 Å². The van der Waals surface area contributed by atoms with Gasteiger partial charge in [0, 0.05) is 43.2 Å². The van der Waals surface area contributed by atoms with Crippen LogP contribution in [0.4, 0.5) is 4.39 Å². The van der Waals surface area contributed by atoms with Crippen molar-refractivity contribution in [3.8, 4) is 0 Å². The molecule has 0 N–H and O–H groups in total. The first-order valence-corrected chi connectivity index (χ1v) is 10.2. The van der Waals surface area contributed by atoms with Crippen LogP contribution >= 0.6 is 11.6 Å². The summed E-state index contributed by atoms with van der Waals surface area (Å²) in [5, 5.41) is 0.328. The summed E-state index contributed by atoms with van der Waals surface area (Å²) in [5.41, 5.74) is 1.17. The lowest BCUT2D eigenvalue weighted by atomic mass is 9.48. The van der Waals surface area contributed by atoms with Crippen LogP contribution in [0.2, 0.25) is 5.02 Å². The molecule has 1 aromatic rings. The molecule has 4 rings (SSSR count). The van der Waals surface area contributed by atoms with E-state index in [1.807, 2.05) is 4.90 Å². The Kier molecular flexibility index (Phi) is 4.98. The van der Waals surface area contributed by atoms with Crippen LogP contribution in [0.5, 0.6) is 0 Å². The average molecular weight is 395 g/mol. The molecule has 0 unspecified atom stereocenters.